The Kier molecular flexibility index (Phi) is 10.8. The van der Waals surface area contributed by atoms with Crippen molar-refractivity contribution in [2.45, 2.75) is 50.9 Å². The van der Waals surface area contributed by atoms with Crippen LogP contribution in [0.5, 0.6) is 5.88 Å². The maximum Gasteiger partial charge on any atom is 0.263 e. The number of halogens is 3. The van der Waals surface area contributed by atoms with Gasteiger partial charge in [-0.3, -0.25) is 18.8 Å². The van der Waals surface area contributed by atoms with Gasteiger partial charge in [0.2, 0.25) is 17.7 Å². The molecule has 0 spiro atoms. The zero-order chi connectivity index (χ0) is 36.4. The number of pyridine rings is 2. The third kappa shape index (κ3) is 7.51. The van der Waals surface area contributed by atoms with Gasteiger partial charge in [0.1, 0.15) is 10.8 Å². The van der Waals surface area contributed by atoms with E-state index in [1.54, 1.807) is 19.4 Å². The Bertz CT molecular complexity index is 2250. The number of aromatic nitrogens is 3. The lowest BCUT2D eigenvalue weighted by Crippen LogP contribution is -2.36. The van der Waals surface area contributed by atoms with E-state index in [2.05, 4.69) is 26.3 Å². The zero-order valence-corrected chi connectivity index (χ0v) is 30.5. The Morgan fingerprint density at radius 1 is 0.788 bits per heavy atom. The van der Waals surface area contributed by atoms with Gasteiger partial charge in [0.25, 0.3) is 5.56 Å². The van der Waals surface area contributed by atoms with Gasteiger partial charge < -0.3 is 26.0 Å². The van der Waals surface area contributed by atoms with Crippen LogP contribution in [0.15, 0.2) is 71.7 Å². The number of ether oxygens (including phenoxy) is 1. The molecule has 2 aliphatic rings. The van der Waals surface area contributed by atoms with E-state index in [0.717, 1.165) is 40.7 Å². The molecule has 7 rings (SSSR count). The molecule has 0 aliphatic carbocycles. The van der Waals surface area contributed by atoms with Crippen LogP contribution < -0.4 is 31.6 Å². The molecule has 3 aromatic heterocycles. The van der Waals surface area contributed by atoms with Gasteiger partial charge in [-0.1, -0.05) is 77.3 Å². The molecule has 5 heterocycles. The first-order valence-electron chi connectivity index (χ1n) is 17.0. The van der Waals surface area contributed by atoms with E-state index in [4.69, 9.17) is 44.5 Å². The van der Waals surface area contributed by atoms with Gasteiger partial charge in [0.15, 0.2) is 0 Å². The summed E-state index contributed by atoms with van der Waals surface area (Å²) in [5.41, 5.74) is 5.62. The fraction of sp³-hybridized carbons (Fsp3) is 0.289. The van der Waals surface area contributed by atoms with Crippen LogP contribution in [-0.2, 0) is 22.7 Å². The molecule has 11 nitrogen and oxygen atoms in total. The van der Waals surface area contributed by atoms with Crippen LogP contribution in [0.2, 0.25) is 15.2 Å². The Labute approximate surface area is 315 Å². The topological polar surface area (TPSA) is 139 Å². The van der Waals surface area contributed by atoms with Gasteiger partial charge in [0, 0.05) is 85.1 Å². The molecule has 0 radical (unpaired) electrons. The highest BCUT2D eigenvalue weighted by molar-refractivity contribution is 6.39. The highest BCUT2D eigenvalue weighted by Gasteiger charge is 2.22. The standard InChI is InChI=1S/C38H36Cl3N7O4/c1-52-37-22(17-42-18-23-9-12-32(49)44-23)8-11-30(46-37)28-7-3-6-27(35(28)40)26-5-2-4-25(34(26)39)21-14-15-48-31(16-21)47-36(41)29(38(48)51)20-43-19-24-10-13-33(50)45-24/h2-8,11,14-16,23-24,42-43H,9-10,12-13,17-20H2,1H3,(H,44,49)(H,45,50)/t23-,24-/m1/s1. The summed E-state index contributed by atoms with van der Waals surface area (Å²) >= 11 is 20.7. The average Bonchev–Trinajstić information content (AvgIpc) is 3.76. The predicted octanol–water partition coefficient (Wildman–Crippen LogP) is 5.80. The molecule has 14 heteroatoms. The Balaban J connectivity index is 1.12. The summed E-state index contributed by atoms with van der Waals surface area (Å²) in [7, 11) is 1.58. The van der Waals surface area contributed by atoms with Crippen LogP contribution in [0, 0.1) is 0 Å². The first-order valence-corrected chi connectivity index (χ1v) is 18.2. The van der Waals surface area contributed by atoms with Gasteiger partial charge in [-0.05, 0) is 36.6 Å². The molecule has 2 fully saturated rings. The maximum atomic E-state index is 13.4. The van der Waals surface area contributed by atoms with Crippen molar-refractivity contribution in [1.29, 1.82) is 0 Å². The Morgan fingerprint density at radius 2 is 1.40 bits per heavy atom. The van der Waals surface area contributed by atoms with Crippen molar-refractivity contribution >= 4 is 52.3 Å². The molecule has 0 saturated carbocycles. The maximum absolute atomic E-state index is 13.4. The molecular formula is C38H36Cl3N7O4. The second kappa shape index (κ2) is 15.6. The monoisotopic (exact) mass is 759 g/mol. The normalized spacial score (nSPS) is 17.1. The average molecular weight is 761 g/mol. The minimum Gasteiger partial charge on any atom is -0.481 e. The van der Waals surface area contributed by atoms with E-state index >= 15 is 0 Å². The van der Waals surface area contributed by atoms with Gasteiger partial charge in [0.05, 0.1) is 28.4 Å². The van der Waals surface area contributed by atoms with E-state index in [0.29, 0.717) is 70.9 Å². The number of fused-ring (bicyclic) bond motifs is 1. The number of nitrogens with zero attached hydrogens (tertiary/aromatic N) is 3. The molecule has 52 heavy (non-hydrogen) atoms. The molecule has 268 valence electrons. The van der Waals surface area contributed by atoms with Crippen molar-refractivity contribution in [3.8, 4) is 39.4 Å². The number of hydrogen-bond acceptors (Lipinski definition) is 8. The summed E-state index contributed by atoms with van der Waals surface area (Å²) in [6.07, 6.45) is 4.31. The molecule has 5 aromatic rings. The molecule has 2 atom stereocenters. The summed E-state index contributed by atoms with van der Waals surface area (Å²) in [5, 5.41) is 13.5. The number of nitrogens with one attached hydrogen (secondary N) is 4. The lowest BCUT2D eigenvalue weighted by atomic mass is 9.97. The predicted molar refractivity (Wildman–Crippen MR) is 203 cm³/mol. The SMILES string of the molecule is COc1nc(-c2cccc(-c3cccc(-c4ccn5c(=O)c(CNC[C@H]6CCC(=O)N6)c(Cl)nc5c4)c3Cl)c2Cl)ccc1CNC[C@H]1CCC(=O)N1. The minimum atomic E-state index is -0.276. The fourth-order valence-electron chi connectivity index (χ4n) is 6.71. The second-order valence-electron chi connectivity index (χ2n) is 12.9. The number of carbonyl (C=O) groups is 2. The van der Waals surface area contributed by atoms with Crippen LogP contribution in [0.1, 0.15) is 36.8 Å². The van der Waals surface area contributed by atoms with Crippen molar-refractivity contribution in [3.05, 3.63) is 104 Å². The first kappa shape index (κ1) is 35.9. The van der Waals surface area contributed by atoms with Gasteiger partial charge in [-0.2, -0.15) is 0 Å². The number of methoxy groups -OCH3 is 1. The van der Waals surface area contributed by atoms with E-state index in [-0.39, 0.29) is 41.2 Å². The van der Waals surface area contributed by atoms with Crippen LogP contribution in [-0.4, -0.2) is 58.5 Å². The van der Waals surface area contributed by atoms with Crippen molar-refractivity contribution in [3.63, 3.8) is 0 Å². The van der Waals surface area contributed by atoms with Crippen molar-refractivity contribution in [2.24, 2.45) is 0 Å². The molecule has 2 amide bonds. The molecule has 4 N–H and O–H groups in total. The Hall–Kier alpha value is -4.52. The molecule has 2 aromatic carbocycles. The number of rotatable bonds is 12. The molecule has 0 bridgehead atoms. The van der Waals surface area contributed by atoms with Crippen LogP contribution in [0.4, 0.5) is 0 Å². The fourth-order valence-corrected chi connectivity index (χ4v) is 7.60. The third-order valence-electron chi connectivity index (χ3n) is 9.45. The lowest BCUT2D eigenvalue weighted by molar-refractivity contribution is -0.120. The van der Waals surface area contributed by atoms with Crippen molar-refractivity contribution < 1.29 is 14.3 Å². The summed E-state index contributed by atoms with van der Waals surface area (Å²) in [5.74, 6) is 0.603. The van der Waals surface area contributed by atoms with E-state index in [1.807, 2.05) is 54.6 Å². The quantitative estimate of drug-likeness (QED) is 0.117. The van der Waals surface area contributed by atoms with E-state index in [9.17, 15) is 14.4 Å². The van der Waals surface area contributed by atoms with Crippen LogP contribution in [0.3, 0.4) is 0 Å². The van der Waals surface area contributed by atoms with Gasteiger partial charge >= 0.3 is 0 Å². The summed E-state index contributed by atoms with van der Waals surface area (Å²) in [6, 6.07) is 19.0. The number of amides is 2. The first-order chi connectivity index (χ1) is 25.2. The minimum absolute atomic E-state index is 0.0300. The number of carbonyl (C=O) groups excluding carboxylic acids is 2. The van der Waals surface area contributed by atoms with E-state index in [1.165, 1.54) is 4.40 Å². The zero-order valence-electron chi connectivity index (χ0n) is 28.3. The van der Waals surface area contributed by atoms with Gasteiger partial charge in [-0.15, -0.1) is 0 Å². The molecule has 2 aliphatic heterocycles. The highest BCUT2D eigenvalue weighted by atomic mass is 35.5. The summed E-state index contributed by atoms with van der Waals surface area (Å²) in [4.78, 5) is 45.7. The molecule has 0 unspecified atom stereocenters. The summed E-state index contributed by atoms with van der Waals surface area (Å²) < 4.78 is 7.10. The molecular weight excluding hydrogens is 725 g/mol. The lowest BCUT2D eigenvalue weighted by Gasteiger charge is -2.16. The summed E-state index contributed by atoms with van der Waals surface area (Å²) in [6.45, 7) is 1.95. The molecule has 2 saturated heterocycles. The van der Waals surface area contributed by atoms with Crippen LogP contribution in [0.25, 0.3) is 39.2 Å². The third-order valence-corrected chi connectivity index (χ3v) is 10.6. The van der Waals surface area contributed by atoms with E-state index < -0.39 is 0 Å². The van der Waals surface area contributed by atoms with Crippen LogP contribution >= 0.6 is 34.8 Å². The van der Waals surface area contributed by atoms with Crippen molar-refractivity contribution in [1.82, 2.24) is 35.6 Å². The smallest absolute Gasteiger partial charge is 0.263 e. The van der Waals surface area contributed by atoms with Gasteiger partial charge in [-0.25, -0.2) is 9.97 Å². The number of benzene rings is 2. The largest absolute Gasteiger partial charge is 0.481 e. The second-order valence-corrected chi connectivity index (χ2v) is 14.0. The Morgan fingerprint density at radius 3 is 2.04 bits per heavy atom. The van der Waals surface area contributed by atoms with Crippen molar-refractivity contribution in [2.75, 3.05) is 20.2 Å². The highest BCUT2D eigenvalue weighted by Crippen LogP contribution is 2.42. The number of hydrogen-bond donors (Lipinski definition) is 4.